The van der Waals surface area contributed by atoms with Gasteiger partial charge in [0, 0.05) is 22.0 Å². The van der Waals surface area contributed by atoms with E-state index in [-0.39, 0.29) is 6.61 Å². The number of benzene rings is 1. The van der Waals surface area contributed by atoms with Crippen LogP contribution in [0.5, 0.6) is 5.75 Å². The molecule has 21 heavy (non-hydrogen) atoms. The molecule has 0 aliphatic rings. The van der Waals surface area contributed by atoms with Crippen LogP contribution in [0.25, 0.3) is 0 Å². The maximum absolute atomic E-state index is 8.68. The molecule has 3 nitrogen and oxygen atoms in total. The highest BCUT2D eigenvalue weighted by Gasteiger charge is 1.98. The molecule has 0 radical (unpaired) electrons. The molecule has 0 aliphatic heterocycles. The third kappa shape index (κ3) is 5.80. The van der Waals surface area contributed by atoms with Crippen LogP contribution >= 0.6 is 27.7 Å². The molecule has 0 fully saturated rings. The Balaban J connectivity index is 1.79. The van der Waals surface area contributed by atoms with Gasteiger partial charge in [0.15, 0.2) is 0 Å². The van der Waals surface area contributed by atoms with Crippen LogP contribution in [0.2, 0.25) is 0 Å². The van der Waals surface area contributed by atoms with Gasteiger partial charge in [-0.05, 0) is 46.3 Å². The van der Waals surface area contributed by atoms with Crippen molar-refractivity contribution in [3.05, 3.63) is 52.6 Å². The zero-order valence-corrected chi connectivity index (χ0v) is 13.7. The Kier molecular flexibility index (Phi) is 6.61. The van der Waals surface area contributed by atoms with Crippen LogP contribution in [0.15, 0.2) is 52.1 Å². The van der Waals surface area contributed by atoms with Crippen molar-refractivity contribution in [3.63, 3.8) is 0 Å². The van der Waals surface area contributed by atoms with Crippen molar-refractivity contribution in [2.45, 2.75) is 5.03 Å². The quantitative estimate of drug-likeness (QED) is 0.502. The lowest BCUT2D eigenvalue weighted by molar-refractivity contribution is 0.344. The van der Waals surface area contributed by atoms with Crippen LogP contribution in [-0.4, -0.2) is 29.1 Å². The minimum Gasteiger partial charge on any atom is -0.493 e. The molecule has 2 rings (SSSR count). The fourth-order valence-corrected chi connectivity index (χ4v) is 2.46. The summed E-state index contributed by atoms with van der Waals surface area (Å²) < 4.78 is 6.66. The van der Waals surface area contributed by atoms with E-state index < -0.39 is 0 Å². The van der Waals surface area contributed by atoms with Crippen LogP contribution in [0.3, 0.4) is 0 Å². The molecule has 0 bridgehead atoms. The van der Waals surface area contributed by atoms with E-state index in [0.717, 1.165) is 26.6 Å². The first kappa shape index (κ1) is 15.9. The summed E-state index contributed by atoms with van der Waals surface area (Å²) in [5.41, 5.74) is 0.837. The van der Waals surface area contributed by atoms with Crippen LogP contribution in [-0.2, 0) is 0 Å². The first-order valence-electron chi connectivity index (χ1n) is 6.35. The predicted molar refractivity (Wildman–Crippen MR) is 88.6 cm³/mol. The summed E-state index contributed by atoms with van der Waals surface area (Å²) in [6.45, 7) is 0.460. The van der Waals surface area contributed by atoms with Gasteiger partial charge >= 0.3 is 0 Å². The van der Waals surface area contributed by atoms with Gasteiger partial charge in [-0.15, -0.1) is 11.8 Å². The number of aromatic nitrogens is 1. The first-order valence-corrected chi connectivity index (χ1v) is 8.13. The molecule has 2 aromatic rings. The number of hydrogen-bond donors (Lipinski definition) is 1. The standard InChI is InChI=1S/C16H14BrNO2S/c17-14-6-7-16(18-12-14)21-10-9-20-15-5-1-3-13(11-15)4-2-8-19/h1,3,5-7,11-12,19H,8-10H2. The smallest absolute Gasteiger partial charge is 0.120 e. The van der Waals surface area contributed by atoms with Gasteiger partial charge in [-0.25, -0.2) is 4.98 Å². The van der Waals surface area contributed by atoms with Crippen molar-refractivity contribution >= 4 is 27.7 Å². The summed E-state index contributed by atoms with van der Waals surface area (Å²) in [4.78, 5) is 4.29. The zero-order valence-electron chi connectivity index (χ0n) is 11.3. The molecule has 0 unspecified atom stereocenters. The van der Waals surface area contributed by atoms with E-state index >= 15 is 0 Å². The summed E-state index contributed by atoms with van der Waals surface area (Å²) in [5.74, 6) is 7.08. The van der Waals surface area contributed by atoms with Crippen molar-refractivity contribution in [2.75, 3.05) is 19.0 Å². The van der Waals surface area contributed by atoms with Gasteiger partial charge in [0.1, 0.15) is 12.4 Å². The Hall–Kier alpha value is -1.48. The number of hydrogen-bond acceptors (Lipinski definition) is 4. The number of halogens is 1. The number of thioether (sulfide) groups is 1. The summed E-state index contributed by atoms with van der Waals surface area (Å²) >= 11 is 5.01. The maximum Gasteiger partial charge on any atom is 0.120 e. The van der Waals surface area contributed by atoms with Crippen LogP contribution in [0.4, 0.5) is 0 Å². The molecule has 1 heterocycles. The second-order valence-corrected chi connectivity index (χ2v) is 6.03. The maximum atomic E-state index is 8.68. The SMILES string of the molecule is OCC#Cc1cccc(OCCSc2ccc(Br)cn2)c1. The highest BCUT2D eigenvalue weighted by atomic mass is 79.9. The number of aliphatic hydroxyl groups excluding tert-OH is 1. The normalized spacial score (nSPS) is 9.81. The third-order valence-corrected chi connectivity index (χ3v) is 3.83. The molecule has 0 amide bonds. The molecule has 1 aromatic heterocycles. The van der Waals surface area contributed by atoms with E-state index in [1.165, 1.54) is 0 Å². The molecule has 108 valence electrons. The number of pyridine rings is 1. The van der Waals surface area contributed by atoms with Gasteiger partial charge in [0.05, 0.1) is 11.6 Å². The molecule has 5 heteroatoms. The van der Waals surface area contributed by atoms with E-state index in [9.17, 15) is 0 Å². The van der Waals surface area contributed by atoms with Gasteiger partial charge in [0.2, 0.25) is 0 Å². The van der Waals surface area contributed by atoms with Crippen molar-refractivity contribution in [1.29, 1.82) is 0 Å². The van der Waals surface area contributed by atoms with Crippen molar-refractivity contribution in [3.8, 4) is 17.6 Å². The fraction of sp³-hybridized carbons (Fsp3) is 0.188. The third-order valence-electron chi connectivity index (χ3n) is 2.45. The van der Waals surface area contributed by atoms with Gasteiger partial charge in [-0.1, -0.05) is 17.9 Å². The van der Waals surface area contributed by atoms with E-state index in [0.29, 0.717) is 6.61 Å². The zero-order chi connectivity index (χ0) is 14.9. The van der Waals surface area contributed by atoms with Crippen molar-refractivity contribution in [2.24, 2.45) is 0 Å². The second-order valence-electron chi connectivity index (χ2n) is 4.00. The molecular formula is C16H14BrNO2S. The van der Waals surface area contributed by atoms with Crippen molar-refractivity contribution in [1.82, 2.24) is 4.98 Å². The fourth-order valence-electron chi connectivity index (χ4n) is 1.56. The van der Waals surface area contributed by atoms with Crippen LogP contribution in [0, 0.1) is 11.8 Å². The summed E-state index contributed by atoms with van der Waals surface area (Å²) in [6.07, 6.45) is 1.78. The van der Waals surface area contributed by atoms with Crippen LogP contribution < -0.4 is 4.74 Å². The van der Waals surface area contributed by atoms with E-state index in [2.05, 4.69) is 32.8 Å². The Morgan fingerprint density at radius 1 is 1.29 bits per heavy atom. The lowest BCUT2D eigenvalue weighted by Crippen LogP contribution is -2.00. The molecule has 0 spiro atoms. The second kappa shape index (κ2) is 8.73. The van der Waals surface area contributed by atoms with E-state index in [1.807, 2.05) is 36.4 Å². The average Bonchev–Trinajstić information content (AvgIpc) is 2.52. The minimum atomic E-state index is -0.137. The minimum absolute atomic E-state index is 0.137. The topological polar surface area (TPSA) is 42.4 Å². The highest BCUT2D eigenvalue weighted by Crippen LogP contribution is 2.18. The lowest BCUT2D eigenvalue weighted by atomic mass is 10.2. The van der Waals surface area contributed by atoms with Gasteiger partial charge in [-0.2, -0.15) is 0 Å². The molecule has 0 saturated carbocycles. The lowest BCUT2D eigenvalue weighted by Gasteiger charge is -2.06. The van der Waals surface area contributed by atoms with Gasteiger partial charge in [0.25, 0.3) is 0 Å². The van der Waals surface area contributed by atoms with Crippen molar-refractivity contribution < 1.29 is 9.84 Å². The molecule has 0 atom stereocenters. The summed E-state index contributed by atoms with van der Waals surface area (Å²) in [6, 6.07) is 11.5. The number of aliphatic hydroxyl groups is 1. The molecule has 1 aromatic carbocycles. The Bertz CT molecular complexity index is 635. The monoisotopic (exact) mass is 363 g/mol. The number of ether oxygens (including phenoxy) is 1. The number of rotatable bonds is 5. The summed E-state index contributed by atoms with van der Waals surface area (Å²) in [5, 5.41) is 9.66. The Morgan fingerprint density at radius 3 is 2.95 bits per heavy atom. The Labute approximate surface area is 136 Å². The summed E-state index contributed by atoms with van der Waals surface area (Å²) in [7, 11) is 0. The van der Waals surface area contributed by atoms with E-state index in [1.54, 1.807) is 18.0 Å². The number of nitrogens with zero attached hydrogens (tertiary/aromatic N) is 1. The molecular weight excluding hydrogens is 350 g/mol. The Morgan fingerprint density at radius 2 is 2.19 bits per heavy atom. The van der Waals surface area contributed by atoms with Gasteiger partial charge in [-0.3, -0.25) is 0 Å². The van der Waals surface area contributed by atoms with Crippen LogP contribution in [0.1, 0.15) is 5.56 Å². The molecule has 1 N–H and O–H groups in total. The largest absolute Gasteiger partial charge is 0.493 e. The molecule has 0 saturated heterocycles. The van der Waals surface area contributed by atoms with E-state index in [4.69, 9.17) is 9.84 Å². The predicted octanol–water partition coefficient (Wildman–Crippen LogP) is 3.36. The highest BCUT2D eigenvalue weighted by molar-refractivity contribution is 9.10. The van der Waals surface area contributed by atoms with Gasteiger partial charge < -0.3 is 9.84 Å². The average molecular weight is 364 g/mol. The first-order chi connectivity index (χ1) is 10.3. The molecule has 0 aliphatic carbocycles.